The van der Waals surface area contributed by atoms with E-state index in [0.29, 0.717) is 19.3 Å². The fraction of sp³-hybridized carbons (Fsp3) is 0.533. The number of nitrogens with zero attached hydrogens (tertiary/aromatic N) is 2. The van der Waals surface area contributed by atoms with Crippen LogP contribution in [0.4, 0.5) is 0 Å². The molecule has 2 aliphatic rings. The molecule has 2 N–H and O–H groups in total. The fourth-order valence-corrected chi connectivity index (χ4v) is 3.26. The largest absolute Gasteiger partial charge is 0.379 e. The smallest absolute Gasteiger partial charge is 0.120 e. The van der Waals surface area contributed by atoms with Crippen LogP contribution in [0.5, 0.6) is 0 Å². The van der Waals surface area contributed by atoms with Crippen molar-refractivity contribution in [1.82, 2.24) is 9.55 Å². The first-order chi connectivity index (χ1) is 9.59. The van der Waals surface area contributed by atoms with Gasteiger partial charge in [0.1, 0.15) is 5.82 Å². The van der Waals surface area contributed by atoms with Crippen molar-refractivity contribution in [3.8, 4) is 0 Å². The van der Waals surface area contributed by atoms with E-state index in [0.717, 1.165) is 21.9 Å². The lowest BCUT2D eigenvalue weighted by molar-refractivity contribution is 0.177. The SMILES string of the molecule is CC1(c2nc3ccc(Cl)cc3n2C2CC2)COCC1N. The second-order valence-corrected chi connectivity index (χ2v) is 6.65. The normalized spacial score (nSPS) is 30.2. The highest BCUT2D eigenvalue weighted by Crippen LogP contribution is 2.43. The zero-order valence-corrected chi connectivity index (χ0v) is 12.2. The van der Waals surface area contributed by atoms with E-state index in [4.69, 9.17) is 27.1 Å². The number of hydrogen-bond acceptors (Lipinski definition) is 3. The number of fused-ring (bicyclic) bond motifs is 1. The Balaban J connectivity index is 1.97. The van der Waals surface area contributed by atoms with Crippen LogP contribution in [0.2, 0.25) is 5.02 Å². The van der Waals surface area contributed by atoms with Crippen molar-refractivity contribution < 1.29 is 4.74 Å². The molecule has 1 saturated carbocycles. The van der Waals surface area contributed by atoms with Crippen molar-refractivity contribution >= 4 is 22.6 Å². The van der Waals surface area contributed by atoms with Crippen molar-refractivity contribution in [3.63, 3.8) is 0 Å². The number of benzene rings is 1. The molecule has 5 heteroatoms. The second kappa shape index (κ2) is 4.20. The topological polar surface area (TPSA) is 53.1 Å². The second-order valence-electron chi connectivity index (χ2n) is 6.21. The average Bonchev–Trinajstić information content (AvgIpc) is 3.10. The molecule has 1 aliphatic carbocycles. The maximum Gasteiger partial charge on any atom is 0.120 e. The van der Waals surface area contributed by atoms with E-state index in [1.807, 2.05) is 18.2 Å². The van der Waals surface area contributed by atoms with Crippen LogP contribution in [0.1, 0.15) is 31.6 Å². The van der Waals surface area contributed by atoms with Crippen molar-refractivity contribution in [2.24, 2.45) is 5.73 Å². The van der Waals surface area contributed by atoms with Crippen molar-refractivity contribution in [2.45, 2.75) is 37.3 Å². The van der Waals surface area contributed by atoms with Crippen LogP contribution in [0, 0.1) is 0 Å². The third-order valence-corrected chi connectivity index (χ3v) is 4.83. The predicted molar refractivity (Wildman–Crippen MR) is 79.2 cm³/mol. The highest BCUT2D eigenvalue weighted by molar-refractivity contribution is 6.31. The van der Waals surface area contributed by atoms with Gasteiger partial charge in [0, 0.05) is 17.1 Å². The number of imidazole rings is 1. The first-order valence-electron chi connectivity index (χ1n) is 7.11. The van der Waals surface area contributed by atoms with Crippen LogP contribution in [0.3, 0.4) is 0 Å². The summed E-state index contributed by atoms with van der Waals surface area (Å²) in [7, 11) is 0. The van der Waals surface area contributed by atoms with E-state index in [-0.39, 0.29) is 11.5 Å². The molecule has 2 heterocycles. The highest BCUT2D eigenvalue weighted by atomic mass is 35.5. The zero-order valence-electron chi connectivity index (χ0n) is 11.5. The third kappa shape index (κ3) is 1.72. The Kier molecular flexibility index (Phi) is 2.65. The Morgan fingerprint density at radius 1 is 1.45 bits per heavy atom. The molecule has 1 aromatic carbocycles. The van der Waals surface area contributed by atoms with Crippen LogP contribution in [0.15, 0.2) is 18.2 Å². The Morgan fingerprint density at radius 2 is 2.25 bits per heavy atom. The van der Waals surface area contributed by atoms with Crippen molar-refractivity contribution in [1.29, 1.82) is 0 Å². The van der Waals surface area contributed by atoms with Gasteiger partial charge in [-0.25, -0.2) is 4.98 Å². The molecule has 4 nitrogen and oxygen atoms in total. The predicted octanol–water partition coefficient (Wildman–Crippen LogP) is 2.64. The minimum atomic E-state index is -0.214. The molecule has 0 spiro atoms. The van der Waals surface area contributed by atoms with E-state index in [1.165, 1.54) is 12.8 Å². The zero-order chi connectivity index (χ0) is 13.9. The standard InChI is InChI=1S/C15H18ClN3O/c1-15(8-20-7-13(15)17)14-18-11-5-2-9(16)6-12(11)19(14)10-3-4-10/h2,5-6,10,13H,3-4,7-8,17H2,1H3. The van der Waals surface area contributed by atoms with E-state index < -0.39 is 0 Å². The van der Waals surface area contributed by atoms with Crippen LogP contribution in [-0.4, -0.2) is 28.8 Å². The average molecular weight is 292 g/mol. The van der Waals surface area contributed by atoms with Crippen LogP contribution < -0.4 is 5.73 Å². The summed E-state index contributed by atoms with van der Waals surface area (Å²) in [6.07, 6.45) is 2.41. The molecule has 0 radical (unpaired) electrons. The number of aromatic nitrogens is 2. The maximum absolute atomic E-state index is 6.28. The Hall–Kier alpha value is -1.10. The first-order valence-corrected chi connectivity index (χ1v) is 7.49. The summed E-state index contributed by atoms with van der Waals surface area (Å²) in [5.41, 5.74) is 8.19. The van der Waals surface area contributed by atoms with E-state index in [1.54, 1.807) is 0 Å². The van der Waals surface area contributed by atoms with Crippen molar-refractivity contribution in [3.05, 3.63) is 29.0 Å². The van der Waals surface area contributed by atoms with Gasteiger partial charge in [0.25, 0.3) is 0 Å². The molecule has 1 aliphatic heterocycles. The van der Waals surface area contributed by atoms with Gasteiger partial charge in [-0.1, -0.05) is 11.6 Å². The molecule has 2 aromatic rings. The van der Waals surface area contributed by atoms with Gasteiger partial charge in [0.05, 0.1) is 29.7 Å². The van der Waals surface area contributed by atoms with Gasteiger partial charge in [-0.3, -0.25) is 0 Å². The van der Waals surface area contributed by atoms with Crippen LogP contribution in [-0.2, 0) is 10.2 Å². The molecule has 0 bridgehead atoms. The van der Waals surface area contributed by atoms with Gasteiger partial charge >= 0.3 is 0 Å². The first kappa shape index (κ1) is 12.6. The van der Waals surface area contributed by atoms with Gasteiger partial charge in [-0.2, -0.15) is 0 Å². The van der Waals surface area contributed by atoms with Gasteiger partial charge in [-0.05, 0) is 38.0 Å². The quantitative estimate of drug-likeness (QED) is 0.925. The summed E-state index contributed by atoms with van der Waals surface area (Å²) in [6.45, 7) is 3.40. The number of ether oxygens (including phenoxy) is 1. The lowest BCUT2D eigenvalue weighted by atomic mass is 9.85. The number of hydrogen-bond donors (Lipinski definition) is 1. The minimum absolute atomic E-state index is 0.00714. The molecule has 2 fully saturated rings. The molecule has 1 aromatic heterocycles. The number of halogens is 1. The van der Waals surface area contributed by atoms with E-state index >= 15 is 0 Å². The summed E-state index contributed by atoms with van der Waals surface area (Å²) in [5.74, 6) is 1.06. The summed E-state index contributed by atoms with van der Waals surface area (Å²) in [4.78, 5) is 4.86. The van der Waals surface area contributed by atoms with Gasteiger partial charge in [-0.15, -0.1) is 0 Å². The lowest BCUT2D eigenvalue weighted by Gasteiger charge is -2.27. The third-order valence-electron chi connectivity index (χ3n) is 4.59. The molecular formula is C15H18ClN3O. The van der Waals surface area contributed by atoms with Gasteiger partial charge in [0.15, 0.2) is 0 Å². The molecule has 1 saturated heterocycles. The highest BCUT2D eigenvalue weighted by Gasteiger charge is 2.45. The van der Waals surface area contributed by atoms with E-state index in [9.17, 15) is 0 Å². The van der Waals surface area contributed by atoms with Crippen LogP contribution >= 0.6 is 11.6 Å². The fourth-order valence-electron chi connectivity index (χ4n) is 3.09. The summed E-state index contributed by atoms with van der Waals surface area (Å²) in [5, 5.41) is 0.753. The van der Waals surface area contributed by atoms with Gasteiger partial charge in [0.2, 0.25) is 0 Å². The van der Waals surface area contributed by atoms with Gasteiger partial charge < -0.3 is 15.0 Å². The number of rotatable bonds is 2. The molecule has 0 amide bonds. The molecule has 2 unspecified atom stereocenters. The monoisotopic (exact) mass is 291 g/mol. The molecule has 2 atom stereocenters. The Bertz CT molecular complexity index is 679. The van der Waals surface area contributed by atoms with E-state index in [2.05, 4.69) is 11.5 Å². The molecule has 106 valence electrons. The lowest BCUT2D eigenvalue weighted by Crippen LogP contribution is -2.43. The molecular weight excluding hydrogens is 274 g/mol. The molecule has 4 rings (SSSR count). The van der Waals surface area contributed by atoms with Crippen molar-refractivity contribution in [2.75, 3.05) is 13.2 Å². The maximum atomic E-state index is 6.28. The summed E-state index contributed by atoms with van der Waals surface area (Å²) in [6, 6.07) is 6.43. The Morgan fingerprint density at radius 3 is 2.90 bits per heavy atom. The minimum Gasteiger partial charge on any atom is -0.379 e. The van der Waals surface area contributed by atoms with Crippen LogP contribution in [0.25, 0.3) is 11.0 Å². The summed E-state index contributed by atoms with van der Waals surface area (Å²) < 4.78 is 7.94. The number of nitrogens with two attached hydrogens (primary N) is 1. The summed E-state index contributed by atoms with van der Waals surface area (Å²) >= 11 is 6.16. The Labute approximate surface area is 122 Å². The molecule has 20 heavy (non-hydrogen) atoms.